The molecule has 0 bridgehead atoms. The topological polar surface area (TPSA) is 125 Å². The average Bonchev–Trinajstić information content (AvgIpc) is 3.95. The number of allylic oxidation sites excluding steroid dienone is 4. The molecule has 12 heteroatoms. The predicted octanol–water partition coefficient (Wildman–Crippen LogP) is 9.16. The van der Waals surface area contributed by atoms with E-state index in [0.29, 0.717) is 61.2 Å². The number of carbonyl (C=O) groups excluding carboxylic acids is 3. The lowest BCUT2D eigenvalue weighted by molar-refractivity contribution is -0.192. The summed E-state index contributed by atoms with van der Waals surface area (Å²) in [5.74, 6) is 0.612. The zero-order valence-electron chi connectivity index (χ0n) is 41.7. The van der Waals surface area contributed by atoms with Crippen LogP contribution in [0.2, 0.25) is 0 Å². The second-order valence-electron chi connectivity index (χ2n) is 25.2. The van der Waals surface area contributed by atoms with Gasteiger partial charge in [0.25, 0.3) is 0 Å². The molecule has 0 radical (unpaired) electrons. The monoisotopic (exact) mass is 947 g/mol. The van der Waals surface area contributed by atoms with E-state index in [2.05, 4.69) is 52.1 Å². The minimum Gasteiger partial charge on any atom is -0.393 e. The van der Waals surface area contributed by atoms with Crippen molar-refractivity contribution in [2.45, 2.75) is 199 Å². The fourth-order valence-corrected chi connectivity index (χ4v) is 18.5. The van der Waals surface area contributed by atoms with Crippen LogP contribution in [-0.2, 0) is 23.9 Å². The maximum absolute atomic E-state index is 14.2. The SMILES string of the molecule is CC1=C2C(=O)[C@H]3[C@@H](CC=C4C[C@@H](O)CC[C@@]43C)[C@@H]2CC[C@]12O[C@@H]1C[C@H](C)CN(C(=O)C(F)(F)F)[C@H]1[C@H]2C.CC1=C2C(=O)[C@H]3[C@@H](CC=C4C[C@@H](O)CC[C@@]43C)[C@@H]2CC[C@]12O[C@@H]1C[C@H](C)CN[C@H]1[C@H]2C. The summed E-state index contributed by atoms with van der Waals surface area (Å²) >= 11 is 0. The molecule has 0 aromatic rings. The van der Waals surface area contributed by atoms with Crippen LogP contribution in [0.3, 0.4) is 0 Å². The lowest BCUT2D eigenvalue weighted by atomic mass is 9.56. The lowest BCUT2D eigenvalue weighted by Gasteiger charge is -2.48. The molecule has 9 nitrogen and oxygen atoms in total. The fourth-order valence-electron chi connectivity index (χ4n) is 18.5. The Kier molecular flexibility index (Phi) is 11.3. The number of carbonyl (C=O) groups is 3. The molecular weight excluding hydrogens is 870 g/mol. The van der Waals surface area contributed by atoms with E-state index in [1.54, 1.807) is 0 Å². The van der Waals surface area contributed by atoms with Crippen LogP contribution in [0.5, 0.6) is 0 Å². The molecule has 4 saturated carbocycles. The van der Waals surface area contributed by atoms with Gasteiger partial charge in [0.15, 0.2) is 11.6 Å². The molecule has 0 aromatic carbocycles. The molecule has 12 aliphatic rings. The quantitative estimate of drug-likeness (QED) is 0.206. The van der Waals surface area contributed by atoms with E-state index in [1.165, 1.54) is 16.7 Å². The number of hydrogen-bond acceptors (Lipinski definition) is 8. The highest BCUT2D eigenvalue weighted by molar-refractivity contribution is 6.03. The van der Waals surface area contributed by atoms with Crippen molar-refractivity contribution >= 4 is 17.5 Å². The number of piperidine rings is 2. The van der Waals surface area contributed by atoms with Crippen LogP contribution in [0.1, 0.15) is 145 Å². The van der Waals surface area contributed by atoms with E-state index in [9.17, 15) is 37.8 Å². The normalized spacial score (nSPS) is 50.3. The Bertz CT molecular complexity index is 2290. The predicted molar refractivity (Wildman–Crippen MR) is 251 cm³/mol. The minimum atomic E-state index is -4.92. The van der Waals surface area contributed by atoms with Gasteiger partial charge in [-0.05, 0) is 168 Å². The number of amides is 1. The largest absolute Gasteiger partial charge is 0.471 e. The van der Waals surface area contributed by atoms with Gasteiger partial charge in [-0.2, -0.15) is 13.2 Å². The van der Waals surface area contributed by atoms with Gasteiger partial charge >= 0.3 is 12.1 Å². The van der Waals surface area contributed by atoms with Crippen LogP contribution in [0.25, 0.3) is 0 Å². The number of alkyl halides is 3. The molecule has 4 aliphatic heterocycles. The summed E-state index contributed by atoms with van der Waals surface area (Å²) in [6.45, 7) is 18.3. The first-order chi connectivity index (χ1) is 32.1. The van der Waals surface area contributed by atoms with Gasteiger partial charge in [0.05, 0.1) is 41.7 Å². The molecule has 2 spiro atoms. The molecule has 20 atom stereocenters. The Morgan fingerprint density at radius 3 is 1.72 bits per heavy atom. The number of nitrogens with one attached hydrogen (secondary N) is 1. The minimum absolute atomic E-state index is 0.0653. The summed E-state index contributed by atoms with van der Waals surface area (Å²) in [6, 6.07) is -0.241. The Balaban J connectivity index is 0.000000151. The highest BCUT2D eigenvalue weighted by Crippen LogP contribution is 2.66. The second kappa shape index (κ2) is 16.2. The molecule has 0 unspecified atom stereocenters. The highest BCUT2D eigenvalue weighted by atomic mass is 19.4. The number of nitrogens with zero attached hydrogens (tertiary/aromatic N) is 1. The van der Waals surface area contributed by atoms with E-state index >= 15 is 0 Å². The molecule has 0 aromatic heterocycles. The van der Waals surface area contributed by atoms with Crippen LogP contribution < -0.4 is 5.32 Å². The number of ketones is 2. The van der Waals surface area contributed by atoms with Gasteiger partial charge in [0, 0.05) is 47.4 Å². The van der Waals surface area contributed by atoms with Crippen LogP contribution >= 0.6 is 0 Å². The molecule has 12 rings (SSSR count). The Morgan fingerprint density at radius 2 is 1.21 bits per heavy atom. The third kappa shape index (κ3) is 6.66. The summed E-state index contributed by atoms with van der Waals surface area (Å²) in [5.41, 5.74) is 5.29. The number of rotatable bonds is 0. The summed E-state index contributed by atoms with van der Waals surface area (Å²) in [6.07, 6.45) is 10.7. The van der Waals surface area contributed by atoms with Gasteiger partial charge in [-0.1, -0.05) is 64.8 Å². The first-order valence-electron chi connectivity index (χ1n) is 26.8. The van der Waals surface area contributed by atoms with Gasteiger partial charge < -0.3 is 29.9 Å². The van der Waals surface area contributed by atoms with Crippen LogP contribution in [0.15, 0.2) is 45.6 Å². The number of aliphatic hydroxyl groups is 2. The molecule has 68 heavy (non-hydrogen) atoms. The van der Waals surface area contributed by atoms with Crippen molar-refractivity contribution in [3.8, 4) is 0 Å². The number of hydrogen-bond donors (Lipinski definition) is 3. The number of likely N-dealkylation sites (tertiary alicyclic amines) is 1. The molecule has 1 amide bonds. The third-order valence-corrected chi connectivity index (χ3v) is 21.8. The molecule has 3 N–H and O–H groups in total. The summed E-state index contributed by atoms with van der Waals surface area (Å²) < 4.78 is 54.3. The van der Waals surface area contributed by atoms with Gasteiger partial charge in [0.2, 0.25) is 0 Å². The first kappa shape index (κ1) is 47.7. The molecule has 8 fully saturated rings. The van der Waals surface area contributed by atoms with Crippen molar-refractivity contribution in [3.05, 3.63) is 45.6 Å². The van der Waals surface area contributed by atoms with Crippen molar-refractivity contribution in [2.24, 2.45) is 70.0 Å². The average molecular weight is 947 g/mol. The molecule has 8 aliphatic carbocycles. The maximum Gasteiger partial charge on any atom is 0.471 e. The first-order valence-corrected chi connectivity index (χ1v) is 26.8. The lowest BCUT2D eigenvalue weighted by Crippen LogP contribution is -2.57. The van der Waals surface area contributed by atoms with Gasteiger partial charge in [-0.3, -0.25) is 14.4 Å². The van der Waals surface area contributed by atoms with Crippen molar-refractivity contribution < 1.29 is 47.2 Å². The number of fused-ring (bicyclic) bond motifs is 12. The Morgan fingerprint density at radius 1 is 0.721 bits per heavy atom. The number of halogens is 3. The maximum atomic E-state index is 14.2. The van der Waals surface area contributed by atoms with E-state index in [1.807, 2.05) is 20.8 Å². The third-order valence-electron chi connectivity index (χ3n) is 21.8. The zero-order valence-corrected chi connectivity index (χ0v) is 41.7. The van der Waals surface area contributed by atoms with Gasteiger partial charge in [0.1, 0.15) is 0 Å². The van der Waals surface area contributed by atoms with E-state index in [-0.39, 0.29) is 82.6 Å². The number of aliphatic hydroxyl groups excluding tert-OH is 2. The van der Waals surface area contributed by atoms with Crippen LogP contribution in [-0.4, -0.2) is 99.6 Å². The van der Waals surface area contributed by atoms with E-state index in [0.717, 1.165) is 92.4 Å². The zero-order chi connectivity index (χ0) is 48.4. The molecule has 4 saturated heterocycles. The Hall–Kier alpha value is -2.64. The summed E-state index contributed by atoms with van der Waals surface area (Å²) in [4.78, 5) is 41.8. The van der Waals surface area contributed by atoms with Gasteiger partial charge in [-0.15, -0.1) is 0 Å². The number of ether oxygens (including phenoxy) is 2. The molecule has 374 valence electrons. The smallest absolute Gasteiger partial charge is 0.393 e. The van der Waals surface area contributed by atoms with Crippen molar-refractivity contribution in [1.82, 2.24) is 10.2 Å². The van der Waals surface area contributed by atoms with E-state index in [4.69, 9.17) is 9.47 Å². The second-order valence-corrected chi connectivity index (χ2v) is 25.2. The van der Waals surface area contributed by atoms with Gasteiger partial charge in [-0.25, -0.2) is 0 Å². The van der Waals surface area contributed by atoms with E-state index < -0.39 is 29.8 Å². The highest BCUT2D eigenvalue weighted by Gasteiger charge is 2.67. The standard InChI is InChI=1S/C29H38F3NO4.C27H39NO3/c1-14-11-21-24(33(13-14)26(36)29(30,31)32)16(3)28(37-21)10-8-19-20-6-5-17-12-18(34)7-9-27(17,4)23(20)25(35)22(19)15(28)2;1-14-11-21-24(28-13-14)16(3)27(31-21)10-8-19-20-6-5-17-12-18(29)7-9-26(17,4)23(20)25(30)22(19)15(27)2/h5,14,16,18-21,23-24,34H,6-13H2,1-4H3;5,14,16,18-21,23-24,28-29H,6-13H2,1-4H3/t14-,16+,18-,19-,20-,21+,23+,24-,27-,28-;14-,16+,18-,19-,20-,21+,23+,24-,26-,27-/m00/s1. The van der Waals surface area contributed by atoms with Crippen molar-refractivity contribution in [2.75, 3.05) is 13.1 Å². The van der Waals surface area contributed by atoms with Crippen LogP contribution in [0, 0.1) is 70.0 Å². The number of Topliss-reactive ketones (excluding diaryl/α,β-unsaturated/α-hetero) is 2. The fraction of sp³-hybridized carbons (Fsp3) is 0.804. The molecular formula is C56H77F3N2O7. The van der Waals surface area contributed by atoms with Crippen LogP contribution in [0.4, 0.5) is 13.2 Å². The summed E-state index contributed by atoms with van der Waals surface area (Å²) in [7, 11) is 0. The summed E-state index contributed by atoms with van der Waals surface area (Å²) in [5, 5.41) is 24.3. The molecule has 4 heterocycles. The Labute approximate surface area is 401 Å². The van der Waals surface area contributed by atoms with Crippen molar-refractivity contribution in [3.63, 3.8) is 0 Å². The van der Waals surface area contributed by atoms with Crippen molar-refractivity contribution in [1.29, 1.82) is 0 Å².